The Labute approximate surface area is 126 Å². The summed E-state index contributed by atoms with van der Waals surface area (Å²) < 4.78 is 0. The van der Waals surface area contributed by atoms with E-state index in [4.69, 9.17) is 0 Å². The summed E-state index contributed by atoms with van der Waals surface area (Å²) in [4.78, 5) is 2.81. The first kappa shape index (κ1) is 16.3. The Morgan fingerprint density at radius 2 is 1.65 bits per heavy atom. The summed E-state index contributed by atoms with van der Waals surface area (Å²) in [5.74, 6) is 0. The van der Waals surface area contributed by atoms with Crippen LogP contribution in [0, 0.1) is 0 Å². The van der Waals surface area contributed by atoms with Crippen molar-refractivity contribution in [2.75, 3.05) is 6.54 Å². The molecule has 0 amide bonds. The number of fused-ring (bicyclic) bond motifs is 2. The second-order valence-corrected chi connectivity index (χ2v) is 7.15. The van der Waals surface area contributed by atoms with Crippen molar-refractivity contribution in [1.82, 2.24) is 10.2 Å². The fourth-order valence-corrected chi connectivity index (χ4v) is 4.44. The molecule has 2 rings (SSSR count). The topological polar surface area (TPSA) is 15.3 Å². The molecule has 0 aromatic rings. The second kappa shape index (κ2) is 8.38. The first-order valence-electron chi connectivity index (χ1n) is 9.26. The molecule has 2 aliphatic heterocycles. The van der Waals surface area contributed by atoms with Crippen LogP contribution in [0.25, 0.3) is 0 Å². The summed E-state index contributed by atoms with van der Waals surface area (Å²) in [5, 5.41) is 3.78. The van der Waals surface area contributed by atoms with Gasteiger partial charge in [0.15, 0.2) is 0 Å². The van der Waals surface area contributed by atoms with Crippen LogP contribution in [0.2, 0.25) is 0 Å². The molecule has 2 bridgehead atoms. The van der Waals surface area contributed by atoms with Gasteiger partial charge in [0.05, 0.1) is 0 Å². The lowest BCUT2D eigenvalue weighted by atomic mass is 9.95. The molecular formula is C18H36N2. The van der Waals surface area contributed by atoms with Crippen molar-refractivity contribution in [2.45, 2.75) is 109 Å². The summed E-state index contributed by atoms with van der Waals surface area (Å²) in [7, 11) is 0. The quantitative estimate of drug-likeness (QED) is 0.632. The maximum absolute atomic E-state index is 3.78. The van der Waals surface area contributed by atoms with Crippen molar-refractivity contribution in [3.63, 3.8) is 0 Å². The van der Waals surface area contributed by atoms with Gasteiger partial charge in [0.1, 0.15) is 0 Å². The average molecular weight is 280 g/mol. The van der Waals surface area contributed by atoms with Gasteiger partial charge in [0.2, 0.25) is 0 Å². The molecule has 0 spiro atoms. The predicted octanol–water partition coefficient (Wildman–Crippen LogP) is 4.34. The molecule has 2 heteroatoms. The molecule has 0 aromatic carbocycles. The summed E-state index contributed by atoms with van der Waals surface area (Å²) >= 11 is 0. The van der Waals surface area contributed by atoms with E-state index < -0.39 is 0 Å². The van der Waals surface area contributed by atoms with Gasteiger partial charge in [-0.25, -0.2) is 0 Å². The van der Waals surface area contributed by atoms with E-state index in [1.165, 1.54) is 70.8 Å². The van der Waals surface area contributed by atoms with E-state index in [1.807, 2.05) is 0 Å². The van der Waals surface area contributed by atoms with Crippen LogP contribution in [0.5, 0.6) is 0 Å². The highest BCUT2D eigenvalue weighted by Crippen LogP contribution is 2.31. The highest BCUT2D eigenvalue weighted by Gasteiger charge is 2.36. The van der Waals surface area contributed by atoms with Gasteiger partial charge in [0, 0.05) is 24.2 Å². The zero-order valence-electron chi connectivity index (χ0n) is 14.0. The molecule has 1 N–H and O–H groups in total. The third-order valence-electron chi connectivity index (χ3n) is 5.57. The molecule has 0 saturated carbocycles. The number of hydrogen-bond donors (Lipinski definition) is 1. The molecule has 20 heavy (non-hydrogen) atoms. The van der Waals surface area contributed by atoms with E-state index in [0.717, 1.165) is 24.2 Å². The summed E-state index contributed by atoms with van der Waals surface area (Å²) in [6.45, 7) is 8.36. The van der Waals surface area contributed by atoms with Crippen LogP contribution in [0.3, 0.4) is 0 Å². The SMILES string of the molecule is CCCCCCCC(C)N(CC)C1CC2CCC(C1)N2. The number of nitrogens with zero attached hydrogens (tertiary/aromatic N) is 1. The predicted molar refractivity (Wildman–Crippen MR) is 88.2 cm³/mol. The largest absolute Gasteiger partial charge is 0.311 e. The maximum Gasteiger partial charge on any atom is 0.0128 e. The number of nitrogens with one attached hydrogen (secondary N) is 1. The molecule has 0 aliphatic carbocycles. The van der Waals surface area contributed by atoms with Gasteiger partial charge < -0.3 is 5.32 Å². The minimum absolute atomic E-state index is 0.782. The van der Waals surface area contributed by atoms with Gasteiger partial charge in [-0.1, -0.05) is 46.0 Å². The molecule has 3 unspecified atom stereocenters. The highest BCUT2D eigenvalue weighted by molar-refractivity contribution is 4.96. The van der Waals surface area contributed by atoms with Gasteiger partial charge in [-0.2, -0.15) is 0 Å². The molecule has 3 atom stereocenters. The molecule has 0 radical (unpaired) electrons. The fourth-order valence-electron chi connectivity index (χ4n) is 4.44. The van der Waals surface area contributed by atoms with E-state index in [1.54, 1.807) is 0 Å². The van der Waals surface area contributed by atoms with Gasteiger partial charge >= 0.3 is 0 Å². The molecule has 2 aliphatic rings. The van der Waals surface area contributed by atoms with Gasteiger partial charge in [-0.05, 0) is 45.6 Å². The maximum atomic E-state index is 3.78. The van der Waals surface area contributed by atoms with Crippen LogP contribution in [-0.2, 0) is 0 Å². The zero-order valence-corrected chi connectivity index (χ0v) is 14.0. The van der Waals surface area contributed by atoms with Gasteiger partial charge in [-0.15, -0.1) is 0 Å². The van der Waals surface area contributed by atoms with Crippen LogP contribution < -0.4 is 5.32 Å². The van der Waals surface area contributed by atoms with E-state index in [9.17, 15) is 0 Å². The molecule has 0 aromatic heterocycles. The third-order valence-corrected chi connectivity index (χ3v) is 5.57. The second-order valence-electron chi connectivity index (χ2n) is 7.15. The lowest BCUT2D eigenvalue weighted by molar-refractivity contribution is 0.102. The first-order chi connectivity index (χ1) is 9.74. The summed E-state index contributed by atoms with van der Waals surface area (Å²) in [5.41, 5.74) is 0. The van der Waals surface area contributed by atoms with Crippen molar-refractivity contribution in [1.29, 1.82) is 0 Å². The molecule has 2 heterocycles. The Kier molecular flexibility index (Phi) is 6.83. The Bertz CT molecular complexity index is 254. The summed E-state index contributed by atoms with van der Waals surface area (Å²) in [6, 6.07) is 3.28. The van der Waals surface area contributed by atoms with Crippen LogP contribution in [0.15, 0.2) is 0 Å². The number of unbranched alkanes of at least 4 members (excludes halogenated alkanes) is 4. The minimum Gasteiger partial charge on any atom is -0.311 e. The fraction of sp³-hybridized carbons (Fsp3) is 1.00. The standard InChI is InChI=1S/C18H36N2/c1-4-6-7-8-9-10-15(3)20(5-2)18-13-16-11-12-17(14-18)19-16/h15-19H,4-14H2,1-3H3. The Balaban J connectivity index is 1.72. The molecule has 118 valence electrons. The number of rotatable bonds is 9. The monoisotopic (exact) mass is 280 g/mol. The minimum atomic E-state index is 0.782. The van der Waals surface area contributed by atoms with E-state index in [-0.39, 0.29) is 0 Å². The van der Waals surface area contributed by atoms with Crippen molar-refractivity contribution >= 4 is 0 Å². The van der Waals surface area contributed by atoms with Crippen LogP contribution in [-0.4, -0.2) is 35.6 Å². The van der Waals surface area contributed by atoms with E-state index in [0.29, 0.717) is 0 Å². The highest BCUT2D eigenvalue weighted by atomic mass is 15.2. The Morgan fingerprint density at radius 1 is 1.00 bits per heavy atom. The van der Waals surface area contributed by atoms with Gasteiger partial charge in [-0.3, -0.25) is 4.90 Å². The average Bonchev–Trinajstić information content (AvgIpc) is 2.78. The van der Waals surface area contributed by atoms with E-state index >= 15 is 0 Å². The number of hydrogen-bond acceptors (Lipinski definition) is 2. The lowest BCUT2D eigenvalue weighted by Gasteiger charge is -2.40. The summed E-state index contributed by atoms with van der Waals surface area (Å²) in [6.07, 6.45) is 14.1. The zero-order chi connectivity index (χ0) is 14.4. The van der Waals surface area contributed by atoms with Crippen LogP contribution >= 0.6 is 0 Å². The molecular weight excluding hydrogens is 244 g/mol. The van der Waals surface area contributed by atoms with Crippen LogP contribution in [0.1, 0.15) is 85.0 Å². The Hall–Kier alpha value is -0.0800. The van der Waals surface area contributed by atoms with Crippen molar-refractivity contribution < 1.29 is 0 Å². The van der Waals surface area contributed by atoms with E-state index in [2.05, 4.69) is 31.0 Å². The third kappa shape index (κ3) is 4.46. The smallest absolute Gasteiger partial charge is 0.0128 e. The van der Waals surface area contributed by atoms with Crippen molar-refractivity contribution in [3.05, 3.63) is 0 Å². The molecule has 2 fully saturated rings. The number of piperidine rings is 1. The first-order valence-corrected chi connectivity index (χ1v) is 9.26. The molecule has 2 nitrogen and oxygen atoms in total. The Morgan fingerprint density at radius 3 is 2.25 bits per heavy atom. The van der Waals surface area contributed by atoms with Crippen molar-refractivity contribution in [3.8, 4) is 0 Å². The molecule has 2 saturated heterocycles. The normalized spacial score (nSPS) is 30.9. The van der Waals surface area contributed by atoms with Crippen LogP contribution in [0.4, 0.5) is 0 Å². The van der Waals surface area contributed by atoms with Crippen molar-refractivity contribution in [2.24, 2.45) is 0 Å². The lowest BCUT2D eigenvalue weighted by Crippen LogP contribution is -2.50. The van der Waals surface area contributed by atoms with Gasteiger partial charge in [0.25, 0.3) is 0 Å².